The highest BCUT2D eigenvalue weighted by Crippen LogP contribution is 2.13. The Bertz CT molecular complexity index is 653. The number of aromatic amines is 1. The minimum absolute atomic E-state index is 0.181. The van der Waals surface area contributed by atoms with Gasteiger partial charge in [-0.3, -0.25) is 4.79 Å². The maximum Gasteiger partial charge on any atom is 0.269 e. The lowest BCUT2D eigenvalue weighted by Gasteiger charge is -1.97. The van der Waals surface area contributed by atoms with Gasteiger partial charge in [-0.2, -0.15) is 0 Å². The first-order chi connectivity index (χ1) is 7.36. The van der Waals surface area contributed by atoms with Gasteiger partial charge in [0.1, 0.15) is 11.2 Å². The van der Waals surface area contributed by atoms with Crippen molar-refractivity contribution in [2.45, 2.75) is 0 Å². The van der Waals surface area contributed by atoms with E-state index in [0.29, 0.717) is 10.2 Å². The lowest BCUT2D eigenvalue weighted by Crippen LogP contribution is -2.19. The number of H-pyrrole nitrogens is 1. The van der Waals surface area contributed by atoms with Gasteiger partial charge < -0.3 is 0 Å². The third-order valence-electron chi connectivity index (χ3n) is 1.95. The summed E-state index contributed by atoms with van der Waals surface area (Å²) in [5.41, 5.74) is -0.181. The Kier molecular flexibility index (Phi) is 1.62. The number of nitrogens with one attached hydrogen (secondary N) is 1. The first kappa shape index (κ1) is 8.24. The molecule has 0 amide bonds. The summed E-state index contributed by atoms with van der Waals surface area (Å²) in [6, 6.07) is 1.73. The molecule has 8 heteroatoms. The van der Waals surface area contributed by atoms with Crippen molar-refractivity contribution in [2.24, 2.45) is 0 Å². The van der Waals surface area contributed by atoms with Gasteiger partial charge in [-0.1, -0.05) is 5.10 Å². The molecule has 0 aliphatic carbocycles. The zero-order valence-electron chi connectivity index (χ0n) is 7.28. The molecule has 0 saturated heterocycles. The lowest BCUT2D eigenvalue weighted by molar-refractivity contribution is 0.879. The van der Waals surface area contributed by atoms with E-state index in [1.807, 2.05) is 5.38 Å². The van der Waals surface area contributed by atoms with E-state index in [0.717, 1.165) is 0 Å². The van der Waals surface area contributed by atoms with Crippen molar-refractivity contribution in [3.05, 3.63) is 28.1 Å². The van der Waals surface area contributed by atoms with Crippen molar-refractivity contribution in [1.29, 1.82) is 0 Å². The fourth-order valence-electron chi connectivity index (χ4n) is 1.26. The molecule has 0 atom stereocenters. The lowest BCUT2D eigenvalue weighted by atomic mass is 10.4. The summed E-state index contributed by atoms with van der Waals surface area (Å²) in [5, 5.41) is 15.3. The summed E-state index contributed by atoms with van der Waals surface area (Å²) in [6.07, 6.45) is 1.41. The van der Waals surface area contributed by atoms with Crippen molar-refractivity contribution >= 4 is 21.6 Å². The molecule has 0 aliphatic rings. The Morgan fingerprint density at radius 2 is 2.40 bits per heavy atom. The second-order valence-electron chi connectivity index (χ2n) is 2.78. The number of rotatable bonds is 1. The van der Waals surface area contributed by atoms with Crippen molar-refractivity contribution in [2.75, 3.05) is 0 Å². The van der Waals surface area contributed by atoms with Gasteiger partial charge in [0.05, 0.1) is 5.39 Å². The number of hydrogen-bond donors (Lipinski definition) is 1. The van der Waals surface area contributed by atoms with E-state index in [9.17, 15) is 4.79 Å². The Labute approximate surface area is 86.4 Å². The Morgan fingerprint density at radius 3 is 3.20 bits per heavy atom. The highest BCUT2D eigenvalue weighted by atomic mass is 32.1. The Hall–Kier alpha value is -2.09. The van der Waals surface area contributed by atoms with Gasteiger partial charge in [-0.25, -0.2) is 14.6 Å². The SMILES string of the molecule is O=c1c2ccsc2ncn1-c1nnn[nH]1. The summed E-state index contributed by atoms with van der Waals surface area (Å²) in [5.74, 6) is 0.264. The summed E-state index contributed by atoms with van der Waals surface area (Å²) >= 11 is 1.42. The molecule has 0 unspecified atom stereocenters. The summed E-state index contributed by atoms with van der Waals surface area (Å²) in [4.78, 5) is 16.7. The minimum Gasteiger partial charge on any atom is -0.268 e. The molecule has 74 valence electrons. The first-order valence-corrected chi connectivity index (χ1v) is 4.93. The minimum atomic E-state index is -0.181. The molecule has 0 spiro atoms. The molecule has 7 nitrogen and oxygen atoms in total. The predicted octanol–water partition coefficient (Wildman–Crippen LogP) is -0.0397. The summed E-state index contributed by atoms with van der Waals surface area (Å²) < 4.78 is 1.27. The molecule has 3 aromatic rings. The quantitative estimate of drug-likeness (QED) is 0.621. The van der Waals surface area contributed by atoms with Crippen LogP contribution in [0, 0.1) is 0 Å². The molecular formula is C7H4N6OS. The van der Waals surface area contributed by atoms with E-state index in [2.05, 4.69) is 25.6 Å². The first-order valence-electron chi connectivity index (χ1n) is 4.05. The summed E-state index contributed by atoms with van der Waals surface area (Å²) in [7, 11) is 0. The molecular weight excluding hydrogens is 216 g/mol. The molecule has 3 aromatic heterocycles. The van der Waals surface area contributed by atoms with Crippen molar-refractivity contribution in [3.63, 3.8) is 0 Å². The number of tetrazole rings is 1. The second kappa shape index (κ2) is 2.95. The van der Waals surface area contributed by atoms with E-state index >= 15 is 0 Å². The standard InChI is InChI=1S/C7H4N6OS/c14-6-4-1-2-15-5(4)8-3-13(6)7-9-11-12-10-7/h1-3H,(H,9,10,11,12). The van der Waals surface area contributed by atoms with Crippen LogP contribution < -0.4 is 5.56 Å². The van der Waals surface area contributed by atoms with Crippen LogP contribution in [-0.2, 0) is 0 Å². The zero-order valence-corrected chi connectivity index (χ0v) is 8.10. The van der Waals surface area contributed by atoms with Gasteiger partial charge in [-0.05, 0) is 21.9 Å². The fourth-order valence-corrected chi connectivity index (χ4v) is 1.99. The third kappa shape index (κ3) is 1.15. The molecule has 1 N–H and O–H groups in total. The number of fused-ring (bicyclic) bond motifs is 1. The second-order valence-corrected chi connectivity index (χ2v) is 3.68. The van der Waals surface area contributed by atoms with Gasteiger partial charge >= 0.3 is 0 Å². The van der Waals surface area contributed by atoms with Gasteiger partial charge in [0.25, 0.3) is 11.5 Å². The van der Waals surface area contributed by atoms with Crippen molar-refractivity contribution in [3.8, 4) is 5.95 Å². The molecule has 0 radical (unpaired) electrons. The average Bonchev–Trinajstić information content (AvgIpc) is 2.87. The van der Waals surface area contributed by atoms with Crippen LogP contribution in [0.2, 0.25) is 0 Å². The van der Waals surface area contributed by atoms with Crippen LogP contribution >= 0.6 is 11.3 Å². The van der Waals surface area contributed by atoms with Crippen LogP contribution in [-0.4, -0.2) is 30.2 Å². The number of thiophene rings is 1. The van der Waals surface area contributed by atoms with Crippen LogP contribution in [0.5, 0.6) is 0 Å². The Balaban J connectivity index is 2.38. The van der Waals surface area contributed by atoms with E-state index < -0.39 is 0 Å². The van der Waals surface area contributed by atoms with Crippen LogP contribution in [0.15, 0.2) is 22.6 Å². The molecule has 0 aromatic carbocycles. The van der Waals surface area contributed by atoms with E-state index in [1.54, 1.807) is 6.07 Å². The average molecular weight is 220 g/mol. The van der Waals surface area contributed by atoms with Crippen LogP contribution in [0.1, 0.15) is 0 Å². The molecule has 0 aliphatic heterocycles. The summed E-state index contributed by atoms with van der Waals surface area (Å²) in [6.45, 7) is 0. The topological polar surface area (TPSA) is 89.3 Å². The van der Waals surface area contributed by atoms with Crippen molar-refractivity contribution < 1.29 is 0 Å². The molecule has 0 bridgehead atoms. The number of aromatic nitrogens is 6. The van der Waals surface area contributed by atoms with Gasteiger partial charge in [0.2, 0.25) is 0 Å². The van der Waals surface area contributed by atoms with E-state index in [4.69, 9.17) is 0 Å². The van der Waals surface area contributed by atoms with Crippen LogP contribution in [0.25, 0.3) is 16.2 Å². The van der Waals surface area contributed by atoms with Gasteiger partial charge in [0.15, 0.2) is 0 Å². The molecule has 0 fully saturated rings. The monoisotopic (exact) mass is 220 g/mol. The maximum absolute atomic E-state index is 11.9. The maximum atomic E-state index is 11.9. The fraction of sp³-hybridized carbons (Fsp3) is 0. The van der Waals surface area contributed by atoms with Crippen LogP contribution in [0.4, 0.5) is 0 Å². The predicted molar refractivity (Wildman–Crippen MR) is 53.0 cm³/mol. The highest BCUT2D eigenvalue weighted by Gasteiger charge is 2.08. The highest BCUT2D eigenvalue weighted by molar-refractivity contribution is 7.16. The molecule has 0 saturated carbocycles. The van der Waals surface area contributed by atoms with E-state index in [-0.39, 0.29) is 11.5 Å². The van der Waals surface area contributed by atoms with Gasteiger partial charge in [0, 0.05) is 0 Å². The van der Waals surface area contributed by atoms with Crippen molar-refractivity contribution in [1.82, 2.24) is 30.2 Å². The molecule has 3 heterocycles. The third-order valence-corrected chi connectivity index (χ3v) is 2.77. The van der Waals surface area contributed by atoms with Crippen LogP contribution in [0.3, 0.4) is 0 Å². The normalized spacial score (nSPS) is 10.9. The molecule has 3 rings (SSSR count). The molecule has 15 heavy (non-hydrogen) atoms. The Morgan fingerprint density at radius 1 is 1.47 bits per heavy atom. The zero-order chi connectivity index (χ0) is 10.3. The van der Waals surface area contributed by atoms with Gasteiger partial charge in [-0.15, -0.1) is 11.3 Å². The largest absolute Gasteiger partial charge is 0.269 e. The number of hydrogen-bond acceptors (Lipinski definition) is 6. The van der Waals surface area contributed by atoms with E-state index in [1.165, 1.54) is 22.2 Å². The number of nitrogens with zero attached hydrogens (tertiary/aromatic N) is 5. The smallest absolute Gasteiger partial charge is 0.268 e.